The maximum absolute atomic E-state index is 13.3. The van der Waals surface area contributed by atoms with Gasteiger partial charge in [-0.2, -0.15) is 0 Å². The number of esters is 1. The summed E-state index contributed by atoms with van der Waals surface area (Å²) in [5, 5.41) is 1.12. The number of halogens is 2. The summed E-state index contributed by atoms with van der Waals surface area (Å²) < 4.78 is 11.3. The molecule has 2 aromatic rings. The number of carbonyl (C=O) groups excluding carboxylic acids is 3. The molecule has 1 amide bonds. The van der Waals surface area contributed by atoms with Crippen LogP contribution in [0.25, 0.3) is 0 Å². The lowest BCUT2D eigenvalue weighted by Crippen LogP contribution is -2.52. The number of amides is 1. The van der Waals surface area contributed by atoms with Crippen LogP contribution in [0.15, 0.2) is 48.5 Å². The molecule has 31 heavy (non-hydrogen) atoms. The first-order valence-corrected chi connectivity index (χ1v) is 10.8. The van der Waals surface area contributed by atoms with Gasteiger partial charge in [-0.25, -0.2) is 0 Å². The van der Waals surface area contributed by atoms with E-state index in [1.54, 1.807) is 43.3 Å². The van der Waals surface area contributed by atoms with Gasteiger partial charge in [0.1, 0.15) is 25.0 Å². The molecular weight excluding hydrogens is 441 g/mol. The zero-order valence-corrected chi connectivity index (χ0v) is 18.5. The van der Waals surface area contributed by atoms with Crippen LogP contribution >= 0.6 is 23.2 Å². The van der Waals surface area contributed by atoms with Gasteiger partial charge >= 0.3 is 5.97 Å². The van der Waals surface area contributed by atoms with Crippen molar-refractivity contribution < 1.29 is 23.9 Å². The predicted molar refractivity (Wildman–Crippen MR) is 117 cm³/mol. The highest BCUT2D eigenvalue weighted by Crippen LogP contribution is 2.43. The maximum atomic E-state index is 13.3. The van der Waals surface area contributed by atoms with Gasteiger partial charge in [-0.15, -0.1) is 0 Å². The molecule has 3 atom stereocenters. The van der Waals surface area contributed by atoms with E-state index in [9.17, 15) is 14.4 Å². The highest BCUT2D eigenvalue weighted by Gasteiger charge is 2.44. The quantitative estimate of drug-likeness (QED) is 0.424. The van der Waals surface area contributed by atoms with Crippen LogP contribution in [-0.2, 0) is 23.9 Å². The molecule has 0 spiro atoms. The molecule has 8 heteroatoms. The highest BCUT2D eigenvalue weighted by atomic mass is 35.5. The first-order chi connectivity index (χ1) is 14.9. The Hall–Kier alpha value is -2.41. The first-order valence-electron chi connectivity index (χ1n) is 10.0. The molecule has 0 radical (unpaired) electrons. The average molecular weight is 464 g/mol. The fourth-order valence-corrected chi connectivity index (χ4v) is 3.91. The Morgan fingerprint density at radius 1 is 1.06 bits per heavy atom. The summed E-state index contributed by atoms with van der Waals surface area (Å²) >= 11 is 12.1. The summed E-state index contributed by atoms with van der Waals surface area (Å²) in [6, 6.07) is 13.6. The second kappa shape index (κ2) is 10.8. The number of benzene rings is 2. The third kappa shape index (κ3) is 5.64. The van der Waals surface area contributed by atoms with E-state index in [1.807, 2.05) is 12.1 Å². The summed E-state index contributed by atoms with van der Waals surface area (Å²) in [4.78, 5) is 38.0. The number of carbonyl (C=O) groups is 3. The Kier molecular flexibility index (Phi) is 8.07. The van der Waals surface area contributed by atoms with Crippen LogP contribution in [0.4, 0.5) is 0 Å². The summed E-state index contributed by atoms with van der Waals surface area (Å²) in [5.41, 5.74) is 1.55. The first kappa shape index (κ1) is 23.3. The number of morpholine rings is 1. The van der Waals surface area contributed by atoms with Crippen molar-refractivity contribution in [1.82, 2.24) is 4.90 Å². The smallest absolute Gasteiger partial charge is 0.325 e. The number of hydrogen-bond donors (Lipinski definition) is 0. The van der Waals surface area contributed by atoms with Crippen LogP contribution in [0.5, 0.6) is 0 Å². The van der Waals surface area contributed by atoms with Gasteiger partial charge in [0.05, 0.1) is 12.6 Å². The Morgan fingerprint density at radius 2 is 1.65 bits per heavy atom. The van der Waals surface area contributed by atoms with E-state index in [0.717, 1.165) is 17.4 Å². The van der Waals surface area contributed by atoms with Crippen LogP contribution < -0.4 is 0 Å². The number of nitrogens with zero attached hydrogens (tertiary/aromatic N) is 1. The lowest BCUT2D eigenvalue weighted by molar-refractivity contribution is -0.179. The van der Waals surface area contributed by atoms with E-state index in [4.69, 9.17) is 32.7 Å². The minimum absolute atomic E-state index is 0.169. The van der Waals surface area contributed by atoms with Crippen LogP contribution in [0.1, 0.15) is 43.0 Å². The SMILES string of the molecule is CCOC(=O)CN1C(=O)[C@H](CCC=O)OC(c2ccc(Cl)cc2)C1c1ccc(Cl)cc1. The number of ether oxygens (including phenoxy) is 2. The van der Waals surface area contributed by atoms with Gasteiger partial charge in [0.25, 0.3) is 5.91 Å². The van der Waals surface area contributed by atoms with E-state index < -0.39 is 24.2 Å². The Labute approximate surface area is 191 Å². The molecule has 1 fully saturated rings. The van der Waals surface area contributed by atoms with Gasteiger partial charge in [-0.3, -0.25) is 9.59 Å². The highest BCUT2D eigenvalue weighted by molar-refractivity contribution is 6.30. The third-order valence-electron chi connectivity index (χ3n) is 5.05. The van der Waals surface area contributed by atoms with Crippen molar-refractivity contribution in [2.45, 2.75) is 38.0 Å². The standard InChI is InChI=1S/C23H23Cl2NO5/c1-2-30-20(28)14-26-21(15-5-9-17(24)10-6-15)22(16-7-11-18(25)12-8-16)31-19(23(26)29)4-3-13-27/h5-13,19,21-22H,2-4,14H2,1H3/t19-,21?,22?/m0/s1. The largest absolute Gasteiger partial charge is 0.465 e. The van der Waals surface area contributed by atoms with Crippen molar-refractivity contribution in [1.29, 1.82) is 0 Å². The van der Waals surface area contributed by atoms with Gasteiger partial charge in [-0.1, -0.05) is 47.5 Å². The van der Waals surface area contributed by atoms with Gasteiger partial charge < -0.3 is 19.2 Å². The van der Waals surface area contributed by atoms with Gasteiger partial charge in [0, 0.05) is 16.5 Å². The van der Waals surface area contributed by atoms with Crippen molar-refractivity contribution in [3.8, 4) is 0 Å². The van der Waals surface area contributed by atoms with Crippen molar-refractivity contribution in [3.05, 3.63) is 69.7 Å². The van der Waals surface area contributed by atoms with Gasteiger partial charge in [0.15, 0.2) is 0 Å². The normalized spacial score (nSPS) is 21.1. The van der Waals surface area contributed by atoms with Crippen molar-refractivity contribution in [2.24, 2.45) is 0 Å². The minimum atomic E-state index is -0.858. The molecule has 0 saturated carbocycles. The van der Waals surface area contributed by atoms with E-state index in [-0.39, 0.29) is 31.9 Å². The summed E-state index contributed by atoms with van der Waals surface area (Å²) in [5.74, 6) is -0.874. The minimum Gasteiger partial charge on any atom is -0.465 e. The summed E-state index contributed by atoms with van der Waals surface area (Å²) in [7, 11) is 0. The topological polar surface area (TPSA) is 72.9 Å². The summed E-state index contributed by atoms with van der Waals surface area (Å²) in [6.45, 7) is 1.68. The van der Waals surface area contributed by atoms with E-state index >= 15 is 0 Å². The molecule has 2 aromatic carbocycles. The van der Waals surface area contributed by atoms with E-state index in [2.05, 4.69) is 0 Å². The zero-order chi connectivity index (χ0) is 22.4. The molecular formula is C23H23Cl2NO5. The molecule has 1 aliphatic rings. The Balaban J connectivity index is 2.07. The molecule has 0 N–H and O–H groups in total. The molecule has 1 aliphatic heterocycles. The van der Waals surface area contributed by atoms with Crippen LogP contribution in [0.2, 0.25) is 10.0 Å². The van der Waals surface area contributed by atoms with Crippen LogP contribution in [-0.4, -0.2) is 42.3 Å². The molecule has 6 nitrogen and oxygen atoms in total. The van der Waals surface area contributed by atoms with E-state index in [1.165, 1.54) is 4.90 Å². The molecule has 1 heterocycles. The van der Waals surface area contributed by atoms with E-state index in [0.29, 0.717) is 10.0 Å². The molecule has 3 rings (SSSR count). The van der Waals surface area contributed by atoms with Gasteiger partial charge in [-0.05, 0) is 48.7 Å². The molecule has 0 aromatic heterocycles. The Morgan fingerprint density at radius 3 is 2.19 bits per heavy atom. The predicted octanol–water partition coefficient (Wildman–Crippen LogP) is 4.55. The van der Waals surface area contributed by atoms with Crippen LogP contribution in [0.3, 0.4) is 0 Å². The summed E-state index contributed by atoms with van der Waals surface area (Å²) in [6.07, 6.45) is -0.303. The number of aldehydes is 1. The Bertz CT molecular complexity index is 917. The van der Waals surface area contributed by atoms with Crippen molar-refractivity contribution in [2.75, 3.05) is 13.2 Å². The van der Waals surface area contributed by atoms with Crippen molar-refractivity contribution >= 4 is 41.4 Å². The van der Waals surface area contributed by atoms with Crippen LogP contribution in [0, 0.1) is 0 Å². The molecule has 1 saturated heterocycles. The number of rotatable bonds is 8. The molecule has 2 unspecified atom stereocenters. The third-order valence-corrected chi connectivity index (χ3v) is 5.56. The number of hydrogen-bond acceptors (Lipinski definition) is 5. The fraction of sp³-hybridized carbons (Fsp3) is 0.348. The lowest BCUT2D eigenvalue weighted by atomic mass is 9.91. The second-order valence-corrected chi connectivity index (χ2v) is 7.98. The monoisotopic (exact) mass is 463 g/mol. The molecule has 164 valence electrons. The van der Waals surface area contributed by atoms with Gasteiger partial charge in [0.2, 0.25) is 0 Å². The second-order valence-electron chi connectivity index (χ2n) is 7.11. The fourth-order valence-electron chi connectivity index (χ4n) is 3.66. The lowest BCUT2D eigenvalue weighted by Gasteiger charge is -2.44. The molecule has 0 bridgehead atoms. The average Bonchev–Trinajstić information content (AvgIpc) is 2.76. The molecule has 0 aliphatic carbocycles. The van der Waals surface area contributed by atoms with Crippen molar-refractivity contribution in [3.63, 3.8) is 0 Å². The zero-order valence-electron chi connectivity index (χ0n) is 17.0. The maximum Gasteiger partial charge on any atom is 0.325 e.